The van der Waals surface area contributed by atoms with Crippen LogP contribution in [0.2, 0.25) is 0 Å². The number of rotatable bonds is 3. The molecule has 0 saturated heterocycles. The van der Waals surface area contributed by atoms with E-state index < -0.39 is 5.82 Å². The van der Waals surface area contributed by atoms with E-state index in [1.54, 1.807) is 6.07 Å². The van der Waals surface area contributed by atoms with E-state index in [4.69, 9.17) is 5.84 Å². The number of nitrogen functional groups attached to an aromatic ring is 1. The molecule has 0 bridgehead atoms. The van der Waals surface area contributed by atoms with Crippen LogP contribution in [-0.4, -0.2) is 11.9 Å². The average molecular weight is 285 g/mol. The molecule has 0 unspecified atom stereocenters. The molecule has 4 nitrogen and oxygen atoms in total. The lowest BCUT2D eigenvalue weighted by Gasteiger charge is -2.14. The minimum absolute atomic E-state index is 0.0190. The Morgan fingerprint density at radius 2 is 1.76 bits per heavy atom. The minimum atomic E-state index is -0.542. The van der Waals surface area contributed by atoms with Gasteiger partial charge in [0, 0.05) is 6.04 Å². The molecule has 0 spiro atoms. The average Bonchev–Trinajstić information content (AvgIpc) is 2.89. The molecule has 0 aliphatic heterocycles. The Bertz CT molecular complexity index is 662. The van der Waals surface area contributed by atoms with Gasteiger partial charge in [-0.25, -0.2) is 4.39 Å². The summed E-state index contributed by atoms with van der Waals surface area (Å²) in [4.78, 5) is 12.3. The molecule has 0 radical (unpaired) electrons. The fourth-order valence-corrected chi connectivity index (χ4v) is 2.78. The largest absolute Gasteiger partial charge is 0.349 e. The van der Waals surface area contributed by atoms with Gasteiger partial charge in [0.2, 0.25) is 0 Å². The number of benzene rings is 2. The molecule has 21 heavy (non-hydrogen) atoms. The fourth-order valence-electron chi connectivity index (χ4n) is 2.78. The molecular weight excluding hydrogens is 269 g/mol. The van der Waals surface area contributed by atoms with Crippen LogP contribution in [0, 0.1) is 5.82 Å². The van der Waals surface area contributed by atoms with Gasteiger partial charge >= 0.3 is 0 Å². The third-order valence-corrected chi connectivity index (χ3v) is 3.79. The van der Waals surface area contributed by atoms with Gasteiger partial charge in [-0.15, -0.1) is 0 Å². The number of anilines is 1. The van der Waals surface area contributed by atoms with E-state index >= 15 is 0 Å². The van der Waals surface area contributed by atoms with Crippen molar-refractivity contribution in [1.29, 1.82) is 0 Å². The maximum atomic E-state index is 13.6. The number of nitrogens with one attached hydrogen (secondary N) is 2. The molecule has 2 aromatic carbocycles. The first-order valence-electron chi connectivity index (χ1n) is 6.82. The Balaban J connectivity index is 1.75. The van der Waals surface area contributed by atoms with Crippen LogP contribution in [-0.2, 0) is 12.8 Å². The molecule has 1 aliphatic carbocycles. The van der Waals surface area contributed by atoms with Crippen molar-refractivity contribution in [3.05, 3.63) is 65.0 Å². The summed E-state index contributed by atoms with van der Waals surface area (Å²) in [5.41, 5.74) is 4.98. The first kappa shape index (κ1) is 13.6. The van der Waals surface area contributed by atoms with Crippen molar-refractivity contribution in [1.82, 2.24) is 5.32 Å². The normalized spacial score (nSPS) is 13.8. The van der Waals surface area contributed by atoms with Crippen LogP contribution in [0.3, 0.4) is 0 Å². The van der Waals surface area contributed by atoms with E-state index in [9.17, 15) is 9.18 Å². The summed E-state index contributed by atoms with van der Waals surface area (Å²) in [5.74, 6) is 4.44. The third kappa shape index (κ3) is 2.60. The molecular formula is C16H16FN3O. The number of hydrogen-bond acceptors (Lipinski definition) is 3. The molecule has 0 saturated carbocycles. The highest BCUT2D eigenvalue weighted by Crippen LogP contribution is 2.23. The zero-order valence-electron chi connectivity index (χ0n) is 11.4. The van der Waals surface area contributed by atoms with Crippen LogP contribution in [0.25, 0.3) is 0 Å². The zero-order chi connectivity index (χ0) is 14.8. The van der Waals surface area contributed by atoms with Gasteiger partial charge < -0.3 is 10.7 Å². The van der Waals surface area contributed by atoms with Crippen LogP contribution >= 0.6 is 0 Å². The minimum Gasteiger partial charge on any atom is -0.349 e. The van der Waals surface area contributed by atoms with Gasteiger partial charge in [-0.1, -0.05) is 30.3 Å². The highest BCUT2D eigenvalue weighted by molar-refractivity contribution is 5.99. The predicted molar refractivity (Wildman–Crippen MR) is 79.3 cm³/mol. The number of halogens is 1. The summed E-state index contributed by atoms with van der Waals surface area (Å²) in [5, 5.41) is 2.94. The second kappa shape index (κ2) is 5.54. The van der Waals surface area contributed by atoms with Crippen molar-refractivity contribution in [3.63, 3.8) is 0 Å². The van der Waals surface area contributed by atoms with Crippen molar-refractivity contribution in [2.45, 2.75) is 18.9 Å². The summed E-state index contributed by atoms with van der Waals surface area (Å²) >= 11 is 0. The summed E-state index contributed by atoms with van der Waals surface area (Å²) in [6.07, 6.45) is 1.59. The molecule has 0 heterocycles. The SMILES string of the molecule is NNc1c(F)cccc1C(=O)NC1Cc2ccccc2C1. The number of carbonyl (C=O) groups excluding carboxylic acids is 1. The number of para-hydroxylation sites is 1. The number of nitrogens with two attached hydrogens (primary N) is 1. The molecule has 4 N–H and O–H groups in total. The van der Waals surface area contributed by atoms with E-state index in [1.165, 1.54) is 23.3 Å². The summed E-state index contributed by atoms with van der Waals surface area (Å²) < 4.78 is 13.6. The van der Waals surface area contributed by atoms with E-state index in [1.807, 2.05) is 12.1 Å². The molecule has 5 heteroatoms. The van der Waals surface area contributed by atoms with Gasteiger partial charge in [-0.05, 0) is 36.1 Å². The van der Waals surface area contributed by atoms with Crippen LogP contribution in [0.4, 0.5) is 10.1 Å². The van der Waals surface area contributed by atoms with Crippen LogP contribution in [0.1, 0.15) is 21.5 Å². The maximum Gasteiger partial charge on any atom is 0.253 e. The van der Waals surface area contributed by atoms with Gasteiger partial charge in [0.25, 0.3) is 5.91 Å². The van der Waals surface area contributed by atoms with E-state index in [0.717, 1.165) is 12.8 Å². The Labute approximate surface area is 122 Å². The van der Waals surface area contributed by atoms with Gasteiger partial charge in [0.1, 0.15) is 5.82 Å². The van der Waals surface area contributed by atoms with Gasteiger partial charge in [-0.3, -0.25) is 10.6 Å². The molecule has 1 amide bonds. The van der Waals surface area contributed by atoms with Crippen molar-refractivity contribution in [3.8, 4) is 0 Å². The quantitative estimate of drug-likeness (QED) is 0.597. The van der Waals surface area contributed by atoms with Gasteiger partial charge in [0.05, 0.1) is 11.3 Å². The third-order valence-electron chi connectivity index (χ3n) is 3.79. The second-order valence-corrected chi connectivity index (χ2v) is 5.15. The molecule has 3 rings (SSSR count). The number of amides is 1. The lowest BCUT2D eigenvalue weighted by molar-refractivity contribution is 0.0939. The predicted octanol–water partition coefficient (Wildman–Crippen LogP) is 2.01. The van der Waals surface area contributed by atoms with Crippen LogP contribution in [0.5, 0.6) is 0 Å². The number of hydrazine groups is 1. The zero-order valence-corrected chi connectivity index (χ0v) is 11.4. The van der Waals surface area contributed by atoms with Crippen LogP contribution < -0.4 is 16.6 Å². The molecule has 2 aromatic rings. The van der Waals surface area contributed by atoms with Crippen molar-refractivity contribution in [2.24, 2.45) is 5.84 Å². The number of carbonyl (C=O) groups is 1. The van der Waals surface area contributed by atoms with Gasteiger partial charge in [0.15, 0.2) is 0 Å². The summed E-state index contributed by atoms with van der Waals surface area (Å²) in [6, 6.07) is 12.5. The molecule has 0 fully saturated rings. The Morgan fingerprint density at radius 3 is 2.38 bits per heavy atom. The maximum absolute atomic E-state index is 13.6. The first-order chi connectivity index (χ1) is 10.2. The van der Waals surface area contributed by atoms with E-state index in [2.05, 4.69) is 22.9 Å². The first-order valence-corrected chi connectivity index (χ1v) is 6.82. The highest BCUT2D eigenvalue weighted by atomic mass is 19.1. The molecule has 0 atom stereocenters. The fraction of sp³-hybridized carbons (Fsp3) is 0.188. The lowest BCUT2D eigenvalue weighted by Crippen LogP contribution is -2.36. The number of hydrogen-bond donors (Lipinski definition) is 3. The topological polar surface area (TPSA) is 67.1 Å². The Hall–Kier alpha value is -2.40. The van der Waals surface area contributed by atoms with Crippen LogP contribution in [0.15, 0.2) is 42.5 Å². The standard InChI is InChI=1S/C16H16FN3O/c17-14-7-3-6-13(15(14)20-18)16(21)19-12-8-10-4-1-2-5-11(10)9-12/h1-7,12,20H,8-9,18H2,(H,19,21). The molecule has 1 aliphatic rings. The Kier molecular flexibility index (Phi) is 3.58. The monoisotopic (exact) mass is 285 g/mol. The smallest absolute Gasteiger partial charge is 0.253 e. The molecule has 0 aromatic heterocycles. The van der Waals surface area contributed by atoms with Crippen molar-refractivity contribution in [2.75, 3.05) is 5.43 Å². The Morgan fingerprint density at radius 1 is 1.10 bits per heavy atom. The highest BCUT2D eigenvalue weighted by Gasteiger charge is 2.24. The number of fused-ring (bicyclic) bond motifs is 1. The lowest BCUT2D eigenvalue weighted by atomic mass is 10.1. The molecule has 108 valence electrons. The van der Waals surface area contributed by atoms with Gasteiger partial charge in [-0.2, -0.15) is 0 Å². The summed E-state index contributed by atoms with van der Waals surface area (Å²) in [7, 11) is 0. The second-order valence-electron chi connectivity index (χ2n) is 5.15. The summed E-state index contributed by atoms with van der Waals surface area (Å²) in [6.45, 7) is 0. The van der Waals surface area contributed by atoms with E-state index in [-0.39, 0.29) is 23.2 Å². The van der Waals surface area contributed by atoms with E-state index in [0.29, 0.717) is 0 Å². The van der Waals surface area contributed by atoms with Crippen molar-refractivity contribution < 1.29 is 9.18 Å². The van der Waals surface area contributed by atoms with Crippen molar-refractivity contribution >= 4 is 11.6 Å².